The monoisotopic (exact) mass is 240 g/mol. The molecule has 0 radical (unpaired) electrons. The van der Waals surface area contributed by atoms with E-state index in [4.69, 9.17) is 5.73 Å². The Bertz CT molecular complexity index is 325. The van der Waals surface area contributed by atoms with E-state index < -0.39 is 0 Å². The highest BCUT2D eigenvalue weighted by Crippen LogP contribution is 2.25. The molecule has 3 heteroatoms. The minimum absolute atomic E-state index is 0. The van der Waals surface area contributed by atoms with Gasteiger partial charge in [-0.05, 0) is 37.8 Å². The third-order valence-corrected chi connectivity index (χ3v) is 2.96. The summed E-state index contributed by atoms with van der Waals surface area (Å²) in [5, 5.41) is 0. The van der Waals surface area contributed by atoms with Gasteiger partial charge in [-0.2, -0.15) is 0 Å². The highest BCUT2D eigenvalue weighted by molar-refractivity contribution is 5.85. The third-order valence-electron chi connectivity index (χ3n) is 2.96. The van der Waals surface area contributed by atoms with E-state index in [1.54, 1.807) is 0 Å². The molecule has 90 valence electrons. The van der Waals surface area contributed by atoms with Crippen LogP contribution in [0.5, 0.6) is 0 Å². The molecular weight excluding hydrogens is 220 g/mol. The largest absolute Gasteiger partial charge is 0.370 e. The fourth-order valence-corrected chi connectivity index (χ4v) is 2.31. The minimum atomic E-state index is 0. The van der Waals surface area contributed by atoms with Gasteiger partial charge in [0.1, 0.15) is 0 Å². The molecule has 1 heterocycles. The molecule has 0 saturated heterocycles. The van der Waals surface area contributed by atoms with E-state index in [-0.39, 0.29) is 18.4 Å². The number of fused-ring (bicyclic) bond motifs is 1. The molecule has 0 bridgehead atoms. The van der Waals surface area contributed by atoms with Crippen LogP contribution in [0.3, 0.4) is 0 Å². The lowest BCUT2D eigenvalue weighted by Crippen LogP contribution is -2.36. The first-order valence-corrected chi connectivity index (χ1v) is 5.86. The average Bonchev–Trinajstić information content (AvgIpc) is 2.41. The van der Waals surface area contributed by atoms with E-state index >= 15 is 0 Å². The lowest BCUT2D eigenvalue weighted by atomic mass is 10.1. The number of rotatable bonds is 2. The number of nitrogens with two attached hydrogens (primary N) is 1. The smallest absolute Gasteiger partial charge is 0.0399 e. The van der Waals surface area contributed by atoms with Crippen LogP contribution in [0.4, 0.5) is 5.69 Å². The summed E-state index contributed by atoms with van der Waals surface area (Å²) in [4.78, 5) is 2.44. The van der Waals surface area contributed by atoms with Gasteiger partial charge in [0, 0.05) is 24.8 Å². The van der Waals surface area contributed by atoms with Crippen LogP contribution in [0.15, 0.2) is 24.3 Å². The maximum absolute atomic E-state index is 5.89. The summed E-state index contributed by atoms with van der Waals surface area (Å²) in [7, 11) is 0. The van der Waals surface area contributed by atoms with Crippen molar-refractivity contribution in [1.29, 1.82) is 0 Å². The predicted octanol–water partition coefficient (Wildman–Crippen LogP) is 2.60. The molecular formula is C13H21ClN2. The Morgan fingerprint density at radius 1 is 1.31 bits per heavy atom. The van der Waals surface area contributed by atoms with Crippen molar-refractivity contribution >= 4 is 18.1 Å². The summed E-state index contributed by atoms with van der Waals surface area (Å²) in [5.74, 6) is 0. The predicted molar refractivity (Wildman–Crippen MR) is 72.5 cm³/mol. The number of anilines is 1. The zero-order valence-corrected chi connectivity index (χ0v) is 10.7. The number of halogens is 1. The highest BCUT2D eigenvalue weighted by Gasteiger charge is 2.15. The van der Waals surface area contributed by atoms with Crippen LogP contribution >= 0.6 is 12.4 Å². The van der Waals surface area contributed by atoms with Crippen molar-refractivity contribution in [3.05, 3.63) is 29.8 Å². The maximum atomic E-state index is 5.89. The molecule has 2 rings (SSSR count). The molecule has 1 aliphatic rings. The van der Waals surface area contributed by atoms with Crippen LogP contribution in [0.2, 0.25) is 0 Å². The van der Waals surface area contributed by atoms with Gasteiger partial charge >= 0.3 is 0 Å². The average molecular weight is 241 g/mol. The van der Waals surface area contributed by atoms with Gasteiger partial charge < -0.3 is 10.6 Å². The first-order chi connectivity index (χ1) is 7.27. The molecule has 0 saturated carbocycles. The summed E-state index contributed by atoms with van der Waals surface area (Å²) in [6.07, 6.45) is 3.79. The van der Waals surface area contributed by atoms with Crippen molar-refractivity contribution in [2.75, 3.05) is 18.0 Å². The Morgan fingerprint density at radius 3 is 2.81 bits per heavy atom. The van der Waals surface area contributed by atoms with Gasteiger partial charge in [0.15, 0.2) is 0 Å². The van der Waals surface area contributed by atoms with Crippen molar-refractivity contribution in [1.82, 2.24) is 0 Å². The zero-order valence-electron chi connectivity index (χ0n) is 9.86. The van der Waals surface area contributed by atoms with Gasteiger partial charge in [-0.15, -0.1) is 12.4 Å². The van der Waals surface area contributed by atoms with Crippen LogP contribution in [0, 0.1) is 0 Å². The second kappa shape index (κ2) is 6.12. The third kappa shape index (κ3) is 3.13. The number of aryl methyl sites for hydroxylation is 1. The fourth-order valence-electron chi connectivity index (χ4n) is 2.31. The number of benzene rings is 1. The summed E-state index contributed by atoms with van der Waals surface area (Å²) in [6, 6.07) is 8.97. The van der Waals surface area contributed by atoms with Crippen LogP contribution < -0.4 is 10.6 Å². The molecule has 0 fully saturated rings. The molecule has 1 aromatic rings. The Hall–Kier alpha value is -0.730. The van der Waals surface area contributed by atoms with E-state index in [1.807, 2.05) is 0 Å². The van der Waals surface area contributed by atoms with Crippen LogP contribution in [-0.4, -0.2) is 19.1 Å². The standard InChI is InChI=1S/C13H20N2.ClH/c1-11(14)10-15-9-5-4-7-12-6-2-3-8-13(12)15;/h2-3,6,8,11H,4-5,7,9-10,14H2,1H3;1H. The molecule has 0 amide bonds. The SMILES string of the molecule is CC(N)CN1CCCCc2ccccc21.Cl. The summed E-state index contributed by atoms with van der Waals surface area (Å²) in [6.45, 7) is 4.20. The first-order valence-electron chi connectivity index (χ1n) is 5.86. The van der Waals surface area contributed by atoms with Crippen molar-refractivity contribution in [2.45, 2.75) is 32.2 Å². The molecule has 2 nitrogen and oxygen atoms in total. The van der Waals surface area contributed by atoms with Crippen LogP contribution in [0.1, 0.15) is 25.3 Å². The quantitative estimate of drug-likeness (QED) is 0.861. The van der Waals surface area contributed by atoms with E-state index in [0.29, 0.717) is 0 Å². The lowest BCUT2D eigenvalue weighted by molar-refractivity contribution is 0.655. The van der Waals surface area contributed by atoms with Crippen LogP contribution in [0.25, 0.3) is 0 Å². The maximum Gasteiger partial charge on any atom is 0.0399 e. The Labute approximate surface area is 104 Å². The molecule has 1 aromatic carbocycles. The Kier molecular flexibility index (Phi) is 5.10. The summed E-state index contributed by atoms with van der Waals surface area (Å²) >= 11 is 0. The molecule has 0 spiro atoms. The summed E-state index contributed by atoms with van der Waals surface area (Å²) < 4.78 is 0. The minimum Gasteiger partial charge on any atom is -0.370 e. The highest BCUT2D eigenvalue weighted by atomic mass is 35.5. The molecule has 2 N–H and O–H groups in total. The van der Waals surface area contributed by atoms with Gasteiger partial charge in [-0.25, -0.2) is 0 Å². The molecule has 0 aromatic heterocycles. The number of nitrogens with zero attached hydrogens (tertiary/aromatic N) is 1. The van der Waals surface area contributed by atoms with Crippen molar-refractivity contribution < 1.29 is 0 Å². The number of hydrogen-bond acceptors (Lipinski definition) is 2. The van der Waals surface area contributed by atoms with Crippen LogP contribution in [-0.2, 0) is 6.42 Å². The van der Waals surface area contributed by atoms with Gasteiger partial charge in [0.2, 0.25) is 0 Å². The Morgan fingerprint density at radius 2 is 2.06 bits per heavy atom. The second-order valence-corrected chi connectivity index (χ2v) is 4.51. The lowest BCUT2D eigenvalue weighted by Gasteiger charge is -2.26. The van der Waals surface area contributed by atoms with Crippen molar-refractivity contribution in [2.24, 2.45) is 5.73 Å². The topological polar surface area (TPSA) is 29.3 Å². The van der Waals surface area contributed by atoms with Gasteiger partial charge in [-0.1, -0.05) is 18.2 Å². The van der Waals surface area contributed by atoms with Gasteiger partial charge in [0.25, 0.3) is 0 Å². The van der Waals surface area contributed by atoms with Crippen molar-refractivity contribution in [3.8, 4) is 0 Å². The number of para-hydroxylation sites is 1. The molecule has 16 heavy (non-hydrogen) atoms. The number of hydrogen-bond donors (Lipinski definition) is 1. The first kappa shape index (κ1) is 13.3. The van der Waals surface area contributed by atoms with Crippen molar-refractivity contribution in [3.63, 3.8) is 0 Å². The molecule has 0 aliphatic carbocycles. The van der Waals surface area contributed by atoms with E-state index in [1.165, 1.54) is 30.5 Å². The van der Waals surface area contributed by atoms with Gasteiger partial charge in [-0.3, -0.25) is 0 Å². The molecule has 1 unspecified atom stereocenters. The Balaban J connectivity index is 0.00000128. The molecule has 1 aliphatic heterocycles. The summed E-state index contributed by atoms with van der Waals surface area (Å²) in [5.41, 5.74) is 8.77. The van der Waals surface area contributed by atoms with E-state index in [2.05, 4.69) is 36.1 Å². The van der Waals surface area contributed by atoms with E-state index in [0.717, 1.165) is 13.1 Å². The molecule has 1 atom stereocenters. The fraction of sp³-hybridized carbons (Fsp3) is 0.538. The second-order valence-electron chi connectivity index (χ2n) is 4.51. The van der Waals surface area contributed by atoms with E-state index in [9.17, 15) is 0 Å². The normalized spacial score (nSPS) is 17.0. The van der Waals surface area contributed by atoms with Gasteiger partial charge in [0.05, 0.1) is 0 Å². The zero-order chi connectivity index (χ0) is 10.7.